The molecular weight excluding hydrogens is 385 g/mol. The molecule has 28 heavy (non-hydrogen) atoms. The van der Waals surface area contributed by atoms with Gasteiger partial charge in [-0.3, -0.25) is 4.72 Å². The lowest BCUT2D eigenvalue weighted by atomic mass is 10.2. The van der Waals surface area contributed by atoms with Gasteiger partial charge in [-0.05, 0) is 55.8 Å². The number of benzene rings is 2. The molecule has 0 saturated carbocycles. The molecule has 0 aromatic heterocycles. The molecule has 0 spiro atoms. The van der Waals surface area contributed by atoms with Crippen LogP contribution in [0.5, 0.6) is 0 Å². The number of nitriles is 1. The van der Waals surface area contributed by atoms with Crippen LogP contribution in [-0.2, 0) is 19.6 Å². The van der Waals surface area contributed by atoms with Gasteiger partial charge in [-0.25, -0.2) is 17.6 Å². The third-order valence-corrected chi connectivity index (χ3v) is 5.10. The van der Waals surface area contributed by atoms with Crippen LogP contribution in [0.1, 0.15) is 12.5 Å². The van der Waals surface area contributed by atoms with Gasteiger partial charge in [0.15, 0.2) is 5.57 Å². The number of sulfonamides is 1. The van der Waals surface area contributed by atoms with Crippen molar-refractivity contribution < 1.29 is 22.3 Å². The average molecular weight is 403 g/mol. The van der Waals surface area contributed by atoms with Crippen molar-refractivity contribution in [3.63, 3.8) is 0 Å². The highest BCUT2D eigenvalue weighted by Gasteiger charge is 2.18. The molecule has 2 aromatic rings. The van der Waals surface area contributed by atoms with E-state index in [2.05, 4.69) is 10.0 Å². The lowest BCUT2D eigenvalue weighted by molar-refractivity contribution is -0.138. The second-order valence-corrected chi connectivity index (χ2v) is 7.28. The van der Waals surface area contributed by atoms with Gasteiger partial charge in [0.1, 0.15) is 11.9 Å². The van der Waals surface area contributed by atoms with Crippen molar-refractivity contribution in [3.8, 4) is 6.07 Å². The van der Waals surface area contributed by atoms with Crippen LogP contribution in [0.3, 0.4) is 0 Å². The standard InChI is InChI=1S/C19H18FN3O4S/c1-3-27-19(24)14(11-21)12-22-17-7-4-13(2)18(10-17)28(25,26)23-16-8-5-15(20)6-9-16/h4-10,12,22-23H,3H2,1-2H3/b14-12+. The molecule has 146 valence electrons. The first kappa shape index (κ1) is 20.9. The highest BCUT2D eigenvalue weighted by atomic mass is 32.2. The molecule has 9 heteroatoms. The molecule has 2 rings (SSSR count). The number of carbonyl (C=O) groups excluding carboxylic acids is 1. The highest BCUT2D eigenvalue weighted by Crippen LogP contribution is 2.23. The van der Waals surface area contributed by atoms with Gasteiger partial charge in [0.25, 0.3) is 10.0 Å². The Labute approximate surface area is 162 Å². The Bertz CT molecular complexity index is 1040. The quantitative estimate of drug-likeness (QED) is 0.417. The van der Waals surface area contributed by atoms with E-state index in [4.69, 9.17) is 10.00 Å². The van der Waals surface area contributed by atoms with Crippen LogP contribution in [0.25, 0.3) is 0 Å². The number of nitrogens with one attached hydrogen (secondary N) is 2. The Morgan fingerprint density at radius 2 is 1.86 bits per heavy atom. The summed E-state index contributed by atoms with van der Waals surface area (Å²) in [5, 5.41) is 11.7. The van der Waals surface area contributed by atoms with E-state index in [1.807, 2.05) is 0 Å². The molecule has 2 N–H and O–H groups in total. The predicted molar refractivity (Wildman–Crippen MR) is 102 cm³/mol. The third kappa shape index (κ3) is 5.31. The van der Waals surface area contributed by atoms with Crippen LogP contribution in [0.2, 0.25) is 0 Å². The van der Waals surface area contributed by atoms with Crippen molar-refractivity contribution in [1.82, 2.24) is 0 Å². The van der Waals surface area contributed by atoms with Gasteiger partial charge in [0, 0.05) is 17.6 Å². The van der Waals surface area contributed by atoms with E-state index in [0.29, 0.717) is 11.3 Å². The third-order valence-electron chi connectivity index (χ3n) is 3.57. The number of anilines is 2. The lowest BCUT2D eigenvalue weighted by Crippen LogP contribution is -2.14. The van der Waals surface area contributed by atoms with Crippen molar-refractivity contribution in [1.29, 1.82) is 5.26 Å². The van der Waals surface area contributed by atoms with E-state index in [0.717, 1.165) is 18.3 Å². The van der Waals surface area contributed by atoms with E-state index in [9.17, 15) is 17.6 Å². The van der Waals surface area contributed by atoms with Crippen molar-refractivity contribution in [2.75, 3.05) is 16.6 Å². The summed E-state index contributed by atoms with van der Waals surface area (Å²) in [5.74, 6) is -1.26. The van der Waals surface area contributed by atoms with Crippen LogP contribution >= 0.6 is 0 Å². The Morgan fingerprint density at radius 1 is 1.21 bits per heavy atom. The topological polar surface area (TPSA) is 108 Å². The van der Waals surface area contributed by atoms with Gasteiger partial charge in [0.05, 0.1) is 11.5 Å². The first-order valence-corrected chi connectivity index (χ1v) is 9.68. The number of hydrogen-bond donors (Lipinski definition) is 2. The largest absolute Gasteiger partial charge is 0.462 e. The normalized spacial score (nSPS) is 11.4. The van der Waals surface area contributed by atoms with Crippen molar-refractivity contribution in [3.05, 3.63) is 65.6 Å². The SMILES string of the molecule is CCOC(=O)/C(C#N)=C/Nc1ccc(C)c(S(=O)(=O)Nc2ccc(F)cc2)c1. The van der Waals surface area contributed by atoms with Crippen LogP contribution in [0.4, 0.5) is 15.8 Å². The summed E-state index contributed by atoms with van der Waals surface area (Å²) in [6.07, 6.45) is 1.15. The van der Waals surface area contributed by atoms with Gasteiger partial charge >= 0.3 is 5.97 Å². The Kier molecular flexibility index (Phi) is 6.74. The maximum Gasteiger partial charge on any atom is 0.350 e. The van der Waals surface area contributed by atoms with Crippen LogP contribution < -0.4 is 10.0 Å². The molecule has 0 saturated heterocycles. The molecule has 0 heterocycles. The van der Waals surface area contributed by atoms with E-state index >= 15 is 0 Å². The minimum atomic E-state index is -3.94. The average Bonchev–Trinajstić information content (AvgIpc) is 2.65. The van der Waals surface area contributed by atoms with E-state index in [1.54, 1.807) is 32.0 Å². The smallest absolute Gasteiger partial charge is 0.350 e. The van der Waals surface area contributed by atoms with E-state index < -0.39 is 21.8 Å². The maximum absolute atomic E-state index is 13.0. The molecule has 0 radical (unpaired) electrons. The minimum absolute atomic E-state index is 0.00938. The van der Waals surface area contributed by atoms with Crippen molar-refractivity contribution in [2.24, 2.45) is 0 Å². The fourth-order valence-electron chi connectivity index (χ4n) is 2.21. The first-order valence-electron chi connectivity index (χ1n) is 8.19. The molecule has 0 atom stereocenters. The summed E-state index contributed by atoms with van der Waals surface area (Å²) in [6.45, 7) is 3.36. The van der Waals surface area contributed by atoms with E-state index in [1.165, 1.54) is 18.2 Å². The number of nitrogens with zero attached hydrogens (tertiary/aromatic N) is 1. The van der Waals surface area contributed by atoms with Gasteiger partial charge in [0.2, 0.25) is 0 Å². The predicted octanol–water partition coefficient (Wildman–Crippen LogP) is 3.32. The molecule has 0 bridgehead atoms. The molecular formula is C19H18FN3O4S. The first-order chi connectivity index (χ1) is 13.3. The summed E-state index contributed by atoms with van der Waals surface area (Å²) in [7, 11) is -3.94. The second kappa shape index (κ2) is 9.01. The monoisotopic (exact) mass is 403 g/mol. The fourth-order valence-corrected chi connectivity index (χ4v) is 3.54. The van der Waals surface area contributed by atoms with Crippen molar-refractivity contribution in [2.45, 2.75) is 18.7 Å². The molecule has 0 aliphatic carbocycles. The molecule has 0 aliphatic rings. The number of rotatable bonds is 7. The number of esters is 1. The van der Waals surface area contributed by atoms with E-state index in [-0.39, 0.29) is 22.8 Å². The number of ether oxygens (including phenoxy) is 1. The summed E-state index contributed by atoms with van der Waals surface area (Å²) in [4.78, 5) is 11.6. The van der Waals surface area contributed by atoms with Gasteiger partial charge in [-0.2, -0.15) is 5.26 Å². The zero-order chi connectivity index (χ0) is 20.7. The summed E-state index contributed by atoms with van der Waals surface area (Å²) < 4.78 is 45.5. The zero-order valence-electron chi connectivity index (χ0n) is 15.2. The summed E-state index contributed by atoms with van der Waals surface area (Å²) in [6, 6.07) is 11.2. The molecule has 2 aromatic carbocycles. The van der Waals surface area contributed by atoms with Gasteiger partial charge in [-0.15, -0.1) is 0 Å². The highest BCUT2D eigenvalue weighted by molar-refractivity contribution is 7.92. The number of hydrogen-bond acceptors (Lipinski definition) is 6. The summed E-state index contributed by atoms with van der Waals surface area (Å²) >= 11 is 0. The lowest BCUT2D eigenvalue weighted by Gasteiger charge is -2.12. The second-order valence-electron chi connectivity index (χ2n) is 5.63. The molecule has 0 amide bonds. The van der Waals surface area contributed by atoms with Crippen LogP contribution in [-0.4, -0.2) is 21.0 Å². The molecule has 0 unspecified atom stereocenters. The summed E-state index contributed by atoms with van der Waals surface area (Å²) in [5.41, 5.74) is 0.793. The van der Waals surface area contributed by atoms with Crippen LogP contribution in [0.15, 0.2) is 59.1 Å². The molecule has 0 fully saturated rings. The number of halogens is 1. The Balaban J connectivity index is 2.28. The Morgan fingerprint density at radius 3 is 2.46 bits per heavy atom. The fraction of sp³-hybridized carbons (Fsp3) is 0.158. The van der Waals surface area contributed by atoms with Crippen LogP contribution in [0, 0.1) is 24.1 Å². The minimum Gasteiger partial charge on any atom is -0.462 e. The molecule has 7 nitrogen and oxygen atoms in total. The zero-order valence-corrected chi connectivity index (χ0v) is 16.0. The van der Waals surface area contributed by atoms with Crippen molar-refractivity contribution >= 4 is 27.4 Å². The molecule has 0 aliphatic heterocycles. The Hall–Kier alpha value is -3.38. The van der Waals surface area contributed by atoms with Gasteiger partial charge < -0.3 is 10.1 Å². The maximum atomic E-state index is 13.0. The number of carbonyl (C=O) groups is 1. The van der Waals surface area contributed by atoms with Gasteiger partial charge in [-0.1, -0.05) is 6.07 Å². The number of aryl methyl sites for hydroxylation is 1.